The van der Waals surface area contributed by atoms with Gasteiger partial charge < -0.3 is 10.5 Å². The molecule has 0 aromatic heterocycles. The first-order valence-corrected chi connectivity index (χ1v) is 7.79. The van der Waals surface area contributed by atoms with Crippen LogP contribution in [0, 0.1) is 0 Å². The maximum absolute atomic E-state index is 6.33. The molecular formula is C14H20BrClN2O. The fourth-order valence-electron chi connectivity index (χ4n) is 2.55. The summed E-state index contributed by atoms with van der Waals surface area (Å²) in [5.74, 6) is 0. The van der Waals surface area contributed by atoms with Crippen molar-refractivity contribution < 1.29 is 4.74 Å². The van der Waals surface area contributed by atoms with Crippen molar-refractivity contribution >= 4 is 27.5 Å². The molecule has 5 heteroatoms. The van der Waals surface area contributed by atoms with Crippen LogP contribution in [0.2, 0.25) is 5.02 Å². The Morgan fingerprint density at radius 3 is 3.11 bits per heavy atom. The van der Waals surface area contributed by atoms with Gasteiger partial charge >= 0.3 is 0 Å². The number of nitrogens with two attached hydrogens (primary N) is 1. The van der Waals surface area contributed by atoms with E-state index in [1.807, 2.05) is 12.1 Å². The Bertz CT molecular complexity index is 430. The van der Waals surface area contributed by atoms with Gasteiger partial charge in [0.1, 0.15) is 0 Å². The van der Waals surface area contributed by atoms with Crippen molar-refractivity contribution in [3.05, 3.63) is 33.3 Å². The van der Waals surface area contributed by atoms with E-state index in [9.17, 15) is 0 Å². The number of benzene rings is 1. The molecule has 2 N–H and O–H groups in total. The highest BCUT2D eigenvalue weighted by Crippen LogP contribution is 2.30. The van der Waals surface area contributed by atoms with E-state index in [0.717, 1.165) is 41.2 Å². The molecule has 106 valence electrons. The highest BCUT2D eigenvalue weighted by molar-refractivity contribution is 9.10. The second-order valence-corrected chi connectivity index (χ2v) is 6.27. The predicted molar refractivity (Wildman–Crippen MR) is 82.6 cm³/mol. The molecule has 1 aliphatic heterocycles. The van der Waals surface area contributed by atoms with Crippen molar-refractivity contribution in [2.24, 2.45) is 5.73 Å². The lowest BCUT2D eigenvalue weighted by atomic mass is 10.0. The molecule has 1 fully saturated rings. The molecule has 1 heterocycles. The molecule has 1 aromatic carbocycles. The topological polar surface area (TPSA) is 38.5 Å². The van der Waals surface area contributed by atoms with E-state index >= 15 is 0 Å². The minimum Gasteiger partial charge on any atom is -0.377 e. The Kier molecular flexibility index (Phi) is 5.66. The van der Waals surface area contributed by atoms with Gasteiger partial charge in [0.05, 0.1) is 6.10 Å². The van der Waals surface area contributed by atoms with Crippen LogP contribution in [0.4, 0.5) is 0 Å². The first-order chi connectivity index (χ1) is 9.11. The zero-order valence-electron chi connectivity index (χ0n) is 11.1. The van der Waals surface area contributed by atoms with Crippen LogP contribution < -0.4 is 5.73 Å². The Morgan fingerprint density at radius 2 is 2.37 bits per heavy atom. The van der Waals surface area contributed by atoms with Crippen LogP contribution in [-0.4, -0.2) is 37.2 Å². The van der Waals surface area contributed by atoms with Crippen molar-refractivity contribution in [2.45, 2.75) is 25.5 Å². The minimum atomic E-state index is 0.147. The molecule has 1 aliphatic rings. The summed E-state index contributed by atoms with van der Waals surface area (Å²) in [4.78, 5) is 2.38. The smallest absolute Gasteiger partial charge is 0.0674 e. The van der Waals surface area contributed by atoms with Gasteiger partial charge in [-0.05, 0) is 37.1 Å². The third-order valence-electron chi connectivity index (χ3n) is 3.46. The minimum absolute atomic E-state index is 0.147. The van der Waals surface area contributed by atoms with Gasteiger partial charge in [0.2, 0.25) is 0 Å². The molecule has 1 saturated heterocycles. The van der Waals surface area contributed by atoms with Crippen molar-refractivity contribution in [2.75, 3.05) is 26.2 Å². The Labute approximate surface area is 128 Å². The average Bonchev–Trinajstić information content (AvgIpc) is 2.59. The summed E-state index contributed by atoms with van der Waals surface area (Å²) in [7, 11) is 0. The lowest BCUT2D eigenvalue weighted by Gasteiger charge is -2.31. The monoisotopic (exact) mass is 346 g/mol. The molecule has 2 unspecified atom stereocenters. The summed E-state index contributed by atoms with van der Waals surface area (Å²) < 4.78 is 6.72. The summed E-state index contributed by atoms with van der Waals surface area (Å²) in [6.45, 7) is 5.37. The molecule has 0 bridgehead atoms. The van der Waals surface area contributed by atoms with E-state index in [-0.39, 0.29) is 12.1 Å². The maximum atomic E-state index is 6.33. The fraction of sp³-hybridized carbons (Fsp3) is 0.571. The van der Waals surface area contributed by atoms with Gasteiger partial charge in [-0.2, -0.15) is 0 Å². The van der Waals surface area contributed by atoms with Gasteiger partial charge in [0, 0.05) is 41.8 Å². The standard InChI is InChI=1S/C14H20BrClN2O/c1-10-9-18(5-2-6-19-10)14(8-17)12-7-11(15)3-4-13(12)16/h3-4,7,10,14H,2,5-6,8-9,17H2,1H3. The summed E-state index contributed by atoms with van der Waals surface area (Å²) in [6.07, 6.45) is 1.27. The molecule has 3 nitrogen and oxygen atoms in total. The SMILES string of the molecule is CC1CN(C(CN)c2cc(Br)ccc2Cl)CCCO1. The summed E-state index contributed by atoms with van der Waals surface area (Å²) in [6, 6.07) is 6.08. The van der Waals surface area contributed by atoms with E-state index in [1.165, 1.54) is 0 Å². The highest BCUT2D eigenvalue weighted by atomic mass is 79.9. The molecular weight excluding hydrogens is 328 g/mol. The lowest BCUT2D eigenvalue weighted by molar-refractivity contribution is 0.0612. The van der Waals surface area contributed by atoms with Crippen molar-refractivity contribution in [1.29, 1.82) is 0 Å². The predicted octanol–water partition coefficient (Wildman–Crippen LogP) is 3.21. The van der Waals surface area contributed by atoms with Gasteiger partial charge in [-0.25, -0.2) is 0 Å². The maximum Gasteiger partial charge on any atom is 0.0674 e. The van der Waals surface area contributed by atoms with E-state index in [2.05, 4.69) is 33.8 Å². The number of rotatable bonds is 3. The van der Waals surface area contributed by atoms with Crippen molar-refractivity contribution in [3.8, 4) is 0 Å². The molecule has 1 aromatic rings. The van der Waals surface area contributed by atoms with Crippen LogP contribution in [-0.2, 0) is 4.74 Å². The number of halogens is 2. The van der Waals surface area contributed by atoms with E-state index in [4.69, 9.17) is 22.1 Å². The van der Waals surface area contributed by atoms with Crippen LogP contribution >= 0.6 is 27.5 Å². The van der Waals surface area contributed by atoms with Gasteiger partial charge in [0.15, 0.2) is 0 Å². The third kappa shape index (κ3) is 3.92. The first-order valence-electron chi connectivity index (χ1n) is 6.62. The average molecular weight is 348 g/mol. The van der Waals surface area contributed by atoms with Gasteiger partial charge in [0.25, 0.3) is 0 Å². The largest absolute Gasteiger partial charge is 0.377 e. The first kappa shape index (κ1) is 15.3. The Hall–Kier alpha value is -0.130. The third-order valence-corrected chi connectivity index (χ3v) is 4.30. The number of nitrogens with zero attached hydrogens (tertiary/aromatic N) is 1. The molecule has 0 amide bonds. The zero-order chi connectivity index (χ0) is 13.8. The normalized spacial score (nSPS) is 23.1. The highest BCUT2D eigenvalue weighted by Gasteiger charge is 2.24. The van der Waals surface area contributed by atoms with Gasteiger partial charge in [-0.15, -0.1) is 0 Å². The van der Waals surface area contributed by atoms with Crippen molar-refractivity contribution in [3.63, 3.8) is 0 Å². The molecule has 0 saturated carbocycles. The van der Waals surface area contributed by atoms with Crippen LogP contribution in [0.5, 0.6) is 0 Å². The number of hydrogen-bond donors (Lipinski definition) is 1. The van der Waals surface area contributed by atoms with Crippen LogP contribution in [0.1, 0.15) is 24.9 Å². The zero-order valence-corrected chi connectivity index (χ0v) is 13.5. The quantitative estimate of drug-likeness (QED) is 0.912. The second kappa shape index (κ2) is 7.04. The van der Waals surface area contributed by atoms with E-state index < -0.39 is 0 Å². The molecule has 19 heavy (non-hydrogen) atoms. The van der Waals surface area contributed by atoms with Crippen LogP contribution in [0.25, 0.3) is 0 Å². The van der Waals surface area contributed by atoms with Crippen LogP contribution in [0.3, 0.4) is 0 Å². The molecule has 2 rings (SSSR count). The lowest BCUT2D eigenvalue weighted by Crippen LogP contribution is -2.37. The van der Waals surface area contributed by atoms with E-state index in [0.29, 0.717) is 6.54 Å². The summed E-state index contributed by atoms with van der Waals surface area (Å²) >= 11 is 9.83. The van der Waals surface area contributed by atoms with E-state index in [1.54, 1.807) is 0 Å². The molecule has 0 spiro atoms. The summed E-state index contributed by atoms with van der Waals surface area (Å²) in [5, 5.41) is 0.775. The van der Waals surface area contributed by atoms with Gasteiger partial charge in [-0.1, -0.05) is 27.5 Å². The Morgan fingerprint density at radius 1 is 1.58 bits per heavy atom. The molecule has 0 radical (unpaired) electrons. The Balaban J connectivity index is 2.25. The molecule has 2 atom stereocenters. The van der Waals surface area contributed by atoms with Crippen molar-refractivity contribution in [1.82, 2.24) is 4.90 Å². The number of ether oxygens (including phenoxy) is 1. The number of hydrogen-bond acceptors (Lipinski definition) is 3. The fourth-order valence-corrected chi connectivity index (χ4v) is 3.17. The molecule has 0 aliphatic carbocycles. The van der Waals surface area contributed by atoms with Gasteiger partial charge in [-0.3, -0.25) is 4.90 Å². The summed E-state index contributed by atoms with van der Waals surface area (Å²) in [5.41, 5.74) is 7.09. The van der Waals surface area contributed by atoms with Crippen LogP contribution in [0.15, 0.2) is 22.7 Å². The second-order valence-electron chi connectivity index (χ2n) is 4.95.